The molecule has 0 saturated carbocycles. The van der Waals surface area contributed by atoms with Gasteiger partial charge in [0.1, 0.15) is 6.04 Å². The third-order valence-corrected chi connectivity index (χ3v) is 18.6. The van der Waals surface area contributed by atoms with Gasteiger partial charge in [0.2, 0.25) is 26.0 Å². The fourth-order valence-electron chi connectivity index (χ4n) is 11.0. The van der Waals surface area contributed by atoms with E-state index >= 15 is 8.42 Å². The monoisotopic (exact) mass is 1010 g/mol. The van der Waals surface area contributed by atoms with Crippen molar-refractivity contribution in [2.45, 2.75) is 66.2 Å². The Kier molecular flexibility index (Phi) is 12.6. The topological polar surface area (TPSA) is 212 Å². The summed E-state index contributed by atoms with van der Waals surface area (Å²) >= 11 is 0. The lowest BCUT2D eigenvalue weighted by molar-refractivity contribution is -0.144. The summed E-state index contributed by atoms with van der Waals surface area (Å²) in [7, 11) is -7.06. The van der Waals surface area contributed by atoms with Gasteiger partial charge in [-0.3, -0.25) is 9.69 Å². The summed E-state index contributed by atoms with van der Waals surface area (Å²) in [5.74, 6) is -0.246. The Hall–Kier alpha value is -6.00. The lowest BCUT2D eigenvalue weighted by Gasteiger charge is -2.48. The summed E-state index contributed by atoms with van der Waals surface area (Å²) < 4.78 is 71.9. The number of carbonyl (C=O) groups is 2. The minimum Gasteiger partial charge on any atom is -0.453 e. The van der Waals surface area contributed by atoms with Crippen molar-refractivity contribution in [3.63, 3.8) is 0 Å². The van der Waals surface area contributed by atoms with E-state index in [4.69, 9.17) is 9.47 Å². The highest BCUT2D eigenvalue weighted by Gasteiger charge is 2.51. The number of aliphatic hydroxyl groups is 2. The van der Waals surface area contributed by atoms with Crippen LogP contribution in [0, 0.1) is 0 Å². The minimum atomic E-state index is -4.27. The predicted molar refractivity (Wildman–Crippen MR) is 268 cm³/mol. The molecule has 11 rings (SSSR count). The maximum absolute atomic E-state index is 15.2. The van der Waals surface area contributed by atoms with Gasteiger partial charge in [-0.1, -0.05) is 24.3 Å². The molecule has 7 heterocycles. The minimum absolute atomic E-state index is 0.0625. The molecule has 0 aliphatic carbocycles. The largest absolute Gasteiger partial charge is 0.453 e. The van der Waals surface area contributed by atoms with Crippen LogP contribution >= 0.6 is 0 Å². The van der Waals surface area contributed by atoms with Gasteiger partial charge in [-0.05, 0) is 104 Å². The van der Waals surface area contributed by atoms with Gasteiger partial charge in [-0.2, -0.15) is 8.61 Å². The van der Waals surface area contributed by atoms with E-state index in [0.717, 1.165) is 44.4 Å². The number of methoxy groups -OCH3 is 1. The number of anilines is 2. The van der Waals surface area contributed by atoms with Crippen LogP contribution in [0.3, 0.4) is 0 Å². The van der Waals surface area contributed by atoms with E-state index in [-0.39, 0.29) is 28.9 Å². The zero-order valence-electron chi connectivity index (χ0n) is 39.4. The molecule has 2 amide bonds. The molecule has 0 spiro atoms. The average molecular weight is 1010 g/mol. The number of aromatic nitrogens is 2. The van der Waals surface area contributed by atoms with Crippen molar-refractivity contribution in [2.24, 2.45) is 0 Å². The molecule has 5 saturated heterocycles. The van der Waals surface area contributed by atoms with E-state index in [9.17, 15) is 28.2 Å². The molecule has 71 heavy (non-hydrogen) atoms. The normalized spacial score (nSPS) is 22.7. The molecule has 5 fully saturated rings. The highest BCUT2D eigenvalue weighted by atomic mass is 32.2. The lowest BCUT2D eigenvalue weighted by atomic mass is 9.90. The number of carbonyl (C=O) groups excluding carboxylic acids is 2. The summed E-state index contributed by atoms with van der Waals surface area (Å²) in [5, 5.41) is 22.8. The quantitative estimate of drug-likeness (QED) is 0.138. The molecule has 2 aromatic heterocycles. The van der Waals surface area contributed by atoms with Crippen molar-refractivity contribution in [2.75, 3.05) is 89.2 Å². The number of benzene rings is 4. The van der Waals surface area contributed by atoms with Crippen LogP contribution in [-0.2, 0) is 40.7 Å². The van der Waals surface area contributed by atoms with Crippen LogP contribution in [0.1, 0.15) is 31.2 Å². The Morgan fingerprint density at radius 1 is 0.690 bits per heavy atom. The number of sulfonamides is 2. The van der Waals surface area contributed by atoms with Gasteiger partial charge in [0.05, 0.1) is 49.0 Å². The van der Waals surface area contributed by atoms with Crippen LogP contribution in [0.2, 0.25) is 0 Å². The molecule has 5 aliphatic rings. The molecular weight excluding hydrogens is 949 g/mol. The first kappa shape index (κ1) is 47.3. The number of amides is 2. The second-order valence-corrected chi connectivity index (χ2v) is 23.1. The molecule has 4 N–H and O–H groups in total. The Morgan fingerprint density at radius 3 is 1.93 bits per heavy atom. The standard InChI is InChI=1S/C51H58N8O10S2/c1-68-51(63)57-15-4-16-58(32-57)70(64,65)39-8-11-47(55-17-13-37(60)30-55)41(28-39)46-26-35-23-33(7-10-44(35)53-46)24-36-27-49(50(62)54-19-21-69-22-20-54)59(36)71(66,67)40-9-12-48(56-18-14-38(61)31-56)42(29-40)45-25-34-5-2-3-6-43(34)52-45/h2-3,5-12,23,25-26,28-29,36-38,49,52-53,60-61H,4,13-22,24,27,30-32H2,1H3/t36-,37-,38-,49-/m0/s1. The number of H-pyrrole nitrogens is 2. The van der Waals surface area contributed by atoms with Gasteiger partial charge in [-0.15, -0.1) is 0 Å². The molecule has 20 heteroatoms. The molecule has 5 aliphatic heterocycles. The number of morpholine rings is 1. The zero-order valence-corrected chi connectivity index (χ0v) is 41.1. The molecule has 374 valence electrons. The number of β-amino-alcohol motifs (C(OH)–C–C–N with tert-alkyl or cyclic N) is 2. The number of para-hydroxylation sites is 1. The van der Waals surface area contributed by atoms with Crippen molar-refractivity contribution in [1.29, 1.82) is 0 Å². The number of rotatable bonds is 11. The molecule has 0 bridgehead atoms. The summed E-state index contributed by atoms with van der Waals surface area (Å²) in [4.78, 5) is 40.9. The molecule has 0 unspecified atom stereocenters. The Labute approximate surface area is 412 Å². The van der Waals surface area contributed by atoms with E-state index in [0.29, 0.717) is 108 Å². The number of hydrogen-bond donors (Lipinski definition) is 4. The molecule has 4 atom stereocenters. The van der Waals surface area contributed by atoms with Crippen molar-refractivity contribution in [3.05, 3.63) is 96.6 Å². The summed E-state index contributed by atoms with van der Waals surface area (Å²) in [6.45, 7) is 4.01. The fraction of sp³-hybridized carbons (Fsp3) is 0.412. The second-order valence-electron chi connectivity index (χ2n) is 19.3. The number of fused-ring (bicyclic) bond motifs is 2. The Bertz CT molecular complexity index is 3210. The smallest absolute Gasteiger partial charge is 0.410 e. The Balaban J connectivity index is 0.922. The third kappa shape index (κ3) is 8.93. The SMILES string of the molecule is COC(=O)N1CCCN(S(=O)(=O)c2ccc(N3CC[C@H](O)C3)c(-c3cc4cc(C[C@H]5C[C@@H](C(=O)N6CCOCC6)N5S(=O)(=O)c5ccc(N6CC[C@H](O)C6)c(-c6cc7ccccc7[nH]6)c5)ccc4[nH]3)c2)C1. The van der Waals surface area contributed by atoms with E-state index in [1.807, 2.05) is 65.6 Å². The molecule has 18 nitrogen and oxygen atoms in total. The van der Waals surface area contributed by atoms with Crippen LogP contribution in [0.15, 0.2) is 101 Å². The van der Waals surface area contributed by atoms with E-state index < -0.39 is 50.4 Å². The highest BCUT2D eigenvalue weighted by Crippen LogP contribution is 2.42. The first-order valence-corrected chi connectivity index (χ1v) is 27.2. The lowest BCUT2D eigenvalue weighted by Crippen LogP contribution is -2.65. The Morgan fingerprint density at radius 2 is 1.31 bits per heavy atom. The number of nitrogens with one attached hydrogen (secondary N) is 2. The van der Waals surface area contributed by atoms with E-state index in [2.05, 4.69) is 14.9 Å². The average Bonchev–Trinajstić information content (AvgIpc) is 4.21. The van der Waals surface area contributed by atoms with Crippen molar-refractivity contribution in [1.82, 2.24) is 28.4 Å². The van der Waals surface area contributed by atoms with Crippen LogP contribution in [0.4, 0.5) is 16.2 Å². The van der Waals surface area contributed by atoms with Gasteiger partial charge < -0.3 is 44.4 Å². The molecule has 6 aromatic rings. The van der Waals surface area contributed by atoms with Crippen LogP contribution in [-0.4, -0.2) is 171 Å². The third-order valence-electron chi connectivity index (χ3n) is 14.8. The number of nitrogens with zero attached hydrogens (tertiary/aromatic N) is 6. The number of ether oxygens (including phenoxy) is 2. The highest BCUT2D eigenvalue weighted by molar-refractivity contribution is 7.89. The van der Waals surface area contributed by atoms with E-state index in [1.54, 1.807) is 35.2 Å². The molecular formula is C51H58N8O10S2. The zero-order chi connectivity index (χ0) is 49.2. The van der Waals surface area contributed by atoms with Crippen molar-refractivity contribution in [3.8, 4) is 22.5 Å². The first-order chi connectivity index (χ1) is 34.2. The second kappa shape index (κ2) is 18.9. The van der Waals surface area contributed by atoms with E-state index in [1.165, 1.54) is 20.6 Å². The summed E-state index contributed by atoms with van der Waals surface area (Å²) in [5.41, 5.74) is 6.81. The summed E-state index contributed by atoms with van der Waals surface area (Å²) in [6, 6.07) is 26.3. The van der Waals surface area contributed by atoms with Gasteiger partial charge >= 0.3 is 6.09 Å². The maximum Gasteiger partial charge on any atom is 0.410 e. The number of aromatic amines is 2. The fourth-order valence-corrected chi connectivity index (χ4v) is 14.3. The number of aliphatic hydroxyl groups excluding tert-OH is 2. The van der Waals surface area contributed by atoms with Crippen LogP contribution < -0.4 is 9.80 Å². The van der Waals surface area contributed by atoms with Gasteiger partial charge in [0.25, 0.3) is 0 Å². The molecule has 0 radical (unpaired) electrons. The predicted octanol–water partition coefficient (Wildman–Crippen LogP) is 4.78. The van der Waals surface area contributed by atoms with Gasteiger partial charge in [-0.25, -0.2) is 21.6 Å². The molecule has 4 aromatic carbocycles. The van der Waals surface area contributed by atoms with Gasteiger partial charge in [0, 0.05) is 114 Å². The first-order valence-electron chi connectivity index (χ1n) is 24.3. The van der Waals surface area contributed by atoms with Crippen LogP contribution in [0.25, 0.3) is 44.3 Å². The number of hydrogen-bond acceptors (Lipinski definition) is 12. The van der Waals surface area contributed by atoms with Gasteiger partial charge in [0.15, 0.2) is 0 Å². The maximum atomic E-state index is 15.2. The van der Waals surface area contributed by atoms with Crippen LogP contribution in [0.5, 0.6) is 0 Å². The van der Waals surface area contributed by atoms with Crippen molar-refractivity contribution >= 4 is 65.2 Å². The van der Waals surface area contributed by atoms with Crippen molar-refractivity contribution < 1.29 is 46.1 Å². The summed E-state index contributed by atoms with van der Waals surface area (Å²) in [6.07, 6.45) is 0.651.